The Morgan fingerprint density at radius 3 is 2.50 bits per heavy atom. The number of nitrogens with zero attached hydrogens (tertiary/aromatic N) is 2. The molecule has 30 heavy (non-hydrogen) atoms. The molecule has 2 aromatic heterocycles. The number of rotatable bonds is 7. The van der Waals surface area contributed by atoms with Crippen molar-refractivity contribution in [3.63, 3.8) is 0 Å². The molecular weight excluding hydrogens is 423 g/mol. The predicted octanol–water partition coefficient (Wildman–Crippen LogP) is 3.12. The van der Waals surface area contributed by atoms with Crippen LogP contribution in [0.3, 0.4) is 0 Å². The van der Waals surface area contributed by atoms with E-state index in [1.165, 1.54) is 6.07 Å². The third kappa shape index (κ3) is 4.51. The predicted molar refractivity (Wildman–Crippen MR) is 102 cm³/mol. The van der Waals surface area contributed by atoms with Gasteiger partial charge >= 0.3 is 5.51 Å². The van der Waals surface area contributed by atoms with Gasteiger partial charge in [0.05, 0.1) is 12.2 Å². The largest absolute Gasteiger partial charge is 0.503 e. The summed E-state index contributed by atoms with van der Waals surface area (Å²) in [5, 5.41) is 1.96. The number of carbonyl (C=O) groups is 1. The van der Waals surface area contributed by atoms with Gasteiger partial charge in [0.1, 0.15) is 11.3 Å². The first-order chi connectivity index (χ1) is 14.2. The number of aromatic nitrogens is 2. The molecule has 0 saturated carbocycles. The van der Waals surface area contributed by atoms with Crippen LogP contribution < -0.4 is 10.1 Å². The van der Waals surface area contributed by atoms with Gasteiger partial charge in [0.15, 0.2) is 5.03 Å². The minimum atomic E-state index is -5.75. The van der Waals surface area contributed by atoms with E-state index in [1.54, 1.807) is 18.3 Å². The van der Waals surface area contributed by atoms with Gasteiger partial charge in [-0.3, -0.25) is 9.78 Å². The zero-order valence-electron chi connectivity index (χ0n) is 15.4. The first-order valence-corrected chi connectivity index (χ1v) is 10.2. The van der Waals surface area contributed by atoms with Crippen LogP contribution in [-0.2, 0) is 9.84 Å². The first-order valence-electron chi connectivity index (χ1n) is 8.73. The van der Waals surface area contributed by atoms with Crippen LogP contribution in [0.15, 0.2) is 59.9 Å². The fourth-order valence-corrected chi connectivity index (χ4v) is 3.50. The number of amides is 1. The molecule has 1 N–H and O–H groups in total. The SMILES string of the molecule is O=C(NCCCOc1cccc2cccnc12)c1cccnc1S(=O)(=O)C(F)(F)F. The average Bonchev–Trinajstić information content (AvgIpc) is 2.72. The molecule has 158 valence electrons. The van der Waals surface area contributed by atoms with Crippen LogP contribution >= 0.6 is 0 Å². The zero-order chi connectivity index (χ0) is 21.8. The molecule has 3 rings (SSSR count). The van der Waals surface area contributed by atoms with Crippen molar-refractivity contribution in [2.45, 2.75) is 17.0 Å². The van der Waals surface area contributed by atoms with Crippen LogP contribution in [0.4, 0.5) is 13.2 Å². The number of nitrogens with one attached hydrogen (secondary N) is 1. The van der Waals surface area contributed by atoms with Gasteiger partial charge in [-0.1, -0.05) is 18.2 Å². The lowest BCUT2D eigenvalue weighted by Gasteiger charge is -2.12. The topological polar surface area (TPSA) is 98.2 Å². The van der Waals surface area contributed by atoms with Crippen molar-refractivity contribution in [3.05, 3.63) is 60.4 Å². The number of alkyl halides is 3. The summed E-state index contributed by atoms with van der Waals surface area (Å²) in [5.41, 5.74) is -5.55. The molecule has 0 radical (unpaired) electrons. The lowest BCUT2D eigenvalue weighted by Crippen LogP contribution is -2.31. The van der Waals surface area contributed by atoms with Crippen LogP contribution in [0.2, 0.25) is 0 Å². The molecular formula is C19H16F3N3O4S. The van der Waals surface area contributed by atoms with Crippen molar-refractivity contribution in [1.82, 2.24) is 15.3 Å². The Labute approximate surface area is 169 Å². The molecule has 7 nitrogen and oxygen atoms in total. The second-order valence-corrected chi connectivity index (χ2v) is 7.95. The van der Waals surface area contributed by atoms with E-state index in [0.29, 0.717) is 17.7 Å². The van der Waals surface area contributed by atoms with Gasteiger partial charge in [-0.15, -0.1) is 0 Å². The van der Waals surface area contributed by atoms with Crippen LogP contribution in [0.5, 0.6) is 5.75 Å². The maximum Gasteiger partial charge on any atom is 0.503 e. The van der Waals surface area contributed by atoms with Crippen molar-refractivity contribution < 1.29 is 31.1 Å². The second kappa shape index (κ2) is 8.66. The van der Waals surface area contributed by atoms with Crippen LogP contribution in [-0.4, -0.2) is 43.0 Å². The van der Waals surface area contributed by atoms with E-state index < -0.39 is 31.8 Å². The molecule has 0 fully saturated rings. The van der Waals surface area contributed by atoms with Crippen molar-refractivity contribution in [3.8, 4) is 5.75 Å². The number of benzene rings is 1. The average molecular weight is 439 g/mol. The van der Waals surface area contributed by atoms with Gasteiger partial charge in [-0.2, -0.15) is 13.2 Å². The van der Waals surface area contributed by atoms with E-state index in [2.05, 4.69) is 15.3 Å². The summed E-state index contributed by atoms with van der Waals surface area (Å²) in [6.07, 6.45) is 2.84. The molecule has 0 bridgehead atoms. The Kier molecular flexibility index (Phi) is 6.20. The van der Waals surface area contributed by atoms with Crippen molar-refractivity contribution in [1.29, 1.82) is 0 Å². The van der Waals surface area contributed by atoms with Crippen molar-refractivity contribution >= 4 is 26.6 Å². The Morgan fingerprint density at radius 2 is 1.73 bits per heavy atom. The minimum absolute atomic E-state index is 0.0530. The molecule has 1 aromatic carbocycles. The Morgan fingerprint density at radius 1 is 1.03 bits per heavy atom. The highest BCUT2D eigenvalue weighted by Crippen LogP contribution is 2.30. The number of fused-ring (bicyclic) bond motifs is 1. The fraction of sp³-hybridized carbons (Fsp3) is 0.211. The molecule has 2 heterocycles. The van der Waals surface area contributed by atoms with Gasteiger partial charge in [0, 0.05) is 24.3 Å². The molecule has 0 atom stereocenters. The number of hydrogen-bond donors (Lipinski definition) is 1. The number of pyridine rings is 2. The molecule has 0 aliphatic carbocycles. The lowest BCUT2D eigenvalue weighted by atomic mass is 10.2. The molecule has 0 unspecified atom stereocenters. The second-order valence-electron chi connectivity index (χ2n) is 6.09. The standard InChI is InChI=1S/C19H16F3N3O4S/c20-19(21,22)30(27,28)18-14(7-3-10-25-18)17(26)24-11-4-12-29-15-8-1-5-13-6-2-9-23-16(13)15/h1-3,5-10H,4,11-12H2,(H,24,26). The van der Waals surface area contributed by atoms with E-state index in [0.717, 1.165) is 17.6 Å². The Bertz CT molecular complexity index is 1160. The summed E-state index contributed by atoms with van der Waals surface area (Å²) < 4.78 is 67.3. The molecule has 3 aromatic rings. The van der Waals surface area contributed by atoms with Crippen LogP contribution in [0.25, 0.3) is 10.9 Å². The summed E-state index contributed by atoms with van der Waals surface area (Å²) in [7, 11) is -5.75. The third-order valence-electron chi connectivity index (χ3n) is 4.03. The van der Waals surface area contributed by atoms with Gasteiger partial charge < -0.3 is 10.1 Å². The first kappa shape index (κ1) is 21.5. The zero-order valence-corrected chi connectivity index (χ0v) is 16.2. The number of sulfone groups is 1. The highest BCUT2D eigenvalue weighted by molar-refractivity contribution is 7.92. The number of para-hydroxylation sites is 1. The summed E-state index contributed by atoms with van der Waals surface area (Å²) in [6.45, 7) is 0.258. The number of hydrogen-bond acceptors (Lipinski definition) is 6. The quantitative estimate of drug-likeness (QED) is 0.568. The maximum atomic E-state index is 12.8. The van der Waals surface area contributed by atoms with Crippen LogP contribution in [0.1, 0.15) is 16.8 Å². The highest BCUT2D eigenvalue weighted by Gasteiger charge is 2.49. The van der Waals surface area contributed by atoms with Crippen molar-refractivity contribution in [2.24, 2.45) is 0 Å². The normalized spacial score (nSPS) is 12.0. The van der Waals surface area contributed by atoms with E-state index in [1.807, 2.05) is 18.2 Å². The van der Waals surface area contributed by atoms with E-state index in [9.17, 15) is 26.4 Å². The summed E-state index contributed by atoms with van der Waals surface area (Å²) in [6, 6.07) is 11.3. The van der Waals surface area contributed by atoms with Gasteiger partial charge in [-0.25, -0.2) is 13.4 Å². The monoisotopic (exact) mass is 439 g/mol. The number of ether oxygens (including phenoxy) is 1. The van der Waals surface area contributed by atoms with Crippen LogP contribution in [0, 0.1) is 0 Å². The van der Waals surface area contributed by atoms with E-state index in [-0.39, 0.29) is 13.2 Å². The lowest BCUT2D eigenvalue weighted by molar-refractivity contribution is -0.0438. The Hall–Kier alpha value is -3.21. The molecule has 0 aliphatic heterocycles. The molecule has 0 spiro atoms. The summed E-state index contributed by atoms with van der Waals surface area (Å²) in [5.74, 6) is -0.414. The van der Waals surface area contributed by atoms with Gasteiger partial charge in [-0.05, 0) is 30.7 Å². The minimum Gasteiger partial charge on any atom is -0.491 e. The van der Waals surface area contributed by atoms with Gasteiger partial charge in [0.2, 0.25) is 0 Å². The summed E-state index contributed by atoms with van der Waals surface area (Å²) in [4.78, 5) is 19.7. The molecule has 1 amide bonds. The number of carbonyl (C=O) groups excluding carboxylic acids is 1. The molecule has 0 saturated heterocycles. The smallest absolute Gasteiger partial charge is 0.491 e. The molecule has 0 aliphatic rings. The third-order valence-corrected chi connectivity index (χ3v) is 5.48. The maximum absolute atomic E-state index is 12.8. The molecule has 11 heteroatoms. The van der Waals surface area contributed by atoms with E-state index in [4.69, 9.17) is 4.74 Å². The van der Waals surface area contributed by atoms with Gasteiger partial charge in [0.25, 0.3) is 15.7 Å². The fourth-order valence-electron chi connectivity index (χ4n) is 2.63. The van der Waals surface area contributed by atoms with Crippen molar-refractivity contribution in [2.75, 3.05) is 13.2 Å². The highest BCUT2D eigenvalue weighted by atomic mass is 32.2. The summed E-state index contributed by atoms with van der Waals surface area (Å²) >= 11 is 0. The van der Waals surface area contributed by atoms with E-state index >= 15 is 0 Å². The number of halogens is 3. The Balaban J connectivity index is 1.60.